The maximum atomic E-state index is 12.8. The maximum absolute atomic E-state index is 12.8. The van der Waals surface area contributed by atoms with Crippen molar-refractivity contribution in [1.82, 2.24) is 15.1 Å². The minimum atomic E-state index is 0.00409. The van der Waals surface area contributed by atoms with Crippen molar-refractivity contribution in [2.45, 2.75) is 38.2 Å². The van der Waals surface area contributed by atoms with Crippen LogP contribution in [0, 0.1) is 0 Å². The molecule has 2 aromatic rings. The molecular formula is C22H28N4O3. The fraction of sp³-hybridized carbons (Fsp3) is 0.500. The molecule has 1 aliphatic heterocycles. The minimum Gasteiger partial charge on any atom is -0.496 e. The normalized spacial score (nSPS) is 17.8. The van der Waals surface area contributed by atoms with Crippen molar-refractivity contribution >= 4 is 11.7 Å². The third-order valence-corrected chi connectivity index (χ3v) is 5.69. The number of amides is 1. The first-order chi connectivity index (χ1) is 14.2. The second-order valence-corrected chi connectivity index (χ2v) is 7.59. The standard InChI is InChI=1S/C22H28N4O3/c1-28-19-10-6-5-9-18(19)22(27)26-15-13-25(14-16-26)20-11-12-21(24-23-20)29-17-7-3-2-4-8-17/h5-6,9-12,17H,2-4,7-8,13-16H2,1H3. The number of rotatable bonds is 5. The first kappa shape index (κ1) is 19.5. The summed E-state index contributed by atoms with van der Waals surface area (Å²) in [5.41, 5.74) is 0.604. The van der Waals surface area contributed by atoms with Gasteiger partial charge in [-0.05, 0) is 43.9 Å². The monoisotopic (exact) mass is 396 g/mol. The van der Waals surface area contributed by atoms with Gasteiger partial charge in [0.05, 0.1) is 12.7 Å². The first-order valence-corrected chi connectivity index (χ1v) is 10.4. The highest BCUT2D eigenvalue weighted by molar-refractivity contribution is 5.97. The van der Waals surface area contributed by atoms with Crippen molar-refractivity contribution in [3.8, 4) is 11.6 Å². The van der Waals surface area contributed by atoms with Crippen molar-refractivity contribution in [2.75, 3.05) is 38.2 Å². The molecule has 29 heavy (non-hydrogen) atoms. The molecule has 154 valence electrons. The van der Waals surface area contributed by atoms with Crippen molar-refractivity contribution in [2.24, 2.45) is 0 Å². The summed E-state index contributed by atoms with van der Waals surface area (Å²) in [7, 11) is 1.59. The van der Waals surface area contributed by atoms with Gasteiger partial charge in [-0.1, -0.05) is 18.6 Å². The molecule has 1 aliphatic carbocycles. The van der Waals surface area contributed by atoms with Gasteiger partial charge >= 0.3 is 0 Å². The second-order valence-electron chi connectivity index (χ2n) is 7.59. The highest BCUT2D eigenvalue weighted by Gasteiger charge is 2.25. The van der Waals surface area contributed by atoms with E-state index in [-0.39, 0.29) is 12.0 Å². The van der Waals surface area contributed by atoms with Gasteiger partial charge in [0.1, 0.15) is 11.9 Å². The van der Waals surface area contributed by atoms with Crippen LogP contribution >= 0.6 is 0 Å². The number of para-hydroxylation sites is 1. The summed E-state index contributed by atoms with van der Waals surface area (Å²) in [6, 6.07) is 11.2. The highest BCUT2D eigenvalue weighted by atomic mass is 16.5. The van der Waals surface area contributed by atoms with Crippen molar-refractivity contribution < 1.29 is 14.3 Å². The number of methoxy groups -OCH3 is 1. The Balaban J connectivity index is 1.32. The number of piperazine rings is 1. The van der Waals surface area contributed by atoms with Gasteiger partial charge in [0, 0.05) is 32.2 Å². The lowest BCUT2D eigenvalue weighted by Gasteiger charge is -2.35. The topological polar surface area (TPSA) is 67.8 Å². The average Bonchev–Trinajstić information content (AvgIpc) is 2.80. The summed E-state index contributed by atoms with van der Waals surface area (Å²) in [6.45, 7) is 2.72. The van der Waals surface area contributed by atoms with E-state index in [2.05, 4.69) is 15.1 Å². The van der Waals surface area contributed by atoms with Gasteiger partial charge in [-0.3, -0.25) is 4.79 Å². The van der Waals surface area contributed by atoms with Gasteiger partial charge < -0.3 is 19.3 Å². The number of benzene rings is 1. The Kier molecular flexibility index (Phi) is 6.12. The van der Waals surface area contributed by atoms with E-state index in [1.54, 1.807) is 7.11 Å². The molecular weight excluding hydrogens is 368 g/mol. The highest BCUT2D eigenvalue weighted by Crippen LogP contribution is 2.24. The number of hydrogen-bond acceptors (Lipinski definition) is 6. The van der Waals surface area contributed by atoms with Crippen LogP contribution < -0.4 is 14.4 Å². The fourth-order valence-corrected chi connectivity index (χ4v) is 4.03. The second kappa shape index (κ2) is 9.11. The number of anilines is 1. The number of carbonyl (C=O) groups is 1. The molecule has 7 heteroatoms. The van der Waals surface area contributed by atoms with Crippen LogP contribution in [-0.2, 0) is 0 Å². The van der Waals surface area contributed by atoms with E-state index in [0.717, 1.165) is 31.7 Å². The number of aromatic nitrogens is 2. The zero-order chi connectivity index (χ0) is 20.1. The molecule has 0 radical (unpaired) electrons. The lowest BCUT2D eigenvalue weighted by atomic mass is 9.98. The lowest BCUT2D eigenvalue weighted by molar-refractivity contribution is 0.0743. The van der Waals surface area contributed by atoms with Gasteiger partial charge in [0.15, 0.2) is 5.82 Å². The van der Waals surface area contributed by atoms with Crippen LogP contribution in [0.25, 0.3) is 0 Å². The molecule has 0 N–H and O–H groups in total. The van der Waals surface area contributed by atoms with E-state index in [0.29, 0.717) is 30.3 Å². The molecule has 0 unspecified atom stereocenters. The molecule has 4 rings (SSSR count). The third kappa shape index (κ3) is 4.60. The van der Waals surface area contributed by atoms with Crippen LogP contribution in [0.3, 0.4) is 0 Å². The molecule has 0 atom stereocenters. The van der Waals surface area contributed by atoms with E-state index in [1.807, 2.05) is 41.3 Å². The van der Waals surface area contributed by atoms with Crippen molar-refractivity contribution in [1.29, 1.82) is 0 Å². The van der Waals surface area contributed by atoms with Crippen LogP contribution in [0.5, 0.6) is 11.6 Å². The molecule has 1 saturated heterocycles. The smallest absolute Gasteiger partial charge is 0.257 e. The van der Waals surface area contributed by atoms with E-state index in [9.17, 15) is 4.79 Å². The van der Waals surface area contributed by atoms with E-state index in [4.69, 9.17) is 9.47 Å². The third-order valence-electron chi connectivity index (χ3n) is 5.69. The first-order valence-electron chi connectivity index (χ1n) is 10.4. The molecule has 0 bridgehead atoms. The zero-order valence-corrected chi connectivity index (χ0v) is 16.9. The van der Waals surface area contributed by atoms with Gasteiger partial charge in [-0.25, -0.2) is 0 Å². The zero-order valence-electron chi connectivity index (χ0n) is 16.9. The number of ether oxygens (including phenoxy) is 2. The summed E-state index contributed by atoms with van der Waals surface area (Å²) in [5, 5.41) is 8.61. The molecule has 1 aromatic heterocycles. The van der Waals surface area contributed by atoms with E-state index in [1.165, 1.54) is 19.3 Å². The lowest BCUT2D eigenvalue weighted by Crippen LogP contribution is -2.49. The SMILES string of the molecule is COc1ccccc1C(=O)N1CCN(c2ccc(OC3CCCCC3)nn2)CC1. The van der Waals surface area contributed by atoms with Crippen LogP contribution in [0.15, 0.2) is 36.4 Å². The van der Waals surface area contributed by atoms with Gasteiger partial charge in [-0.15, -0.1) is 10.2 Å². The summed E-state index contributed by atoms with van der Waals surface area (Å²) in [4.78, 5) is 16.9. The van der Waals surface area contributed by atoms with Crippen LogP contribution in [0.1, 0.15) is 42.5 Å². The summed E-state index contributed by atoms with van der Waals surface area (Å²) in [6.07, 6.45) is 6.24. The molecule has 1 aromatic carbocycles. The van der Waals surface area contributed by atoms with E-state index < -0.39 is 0 Å². The summed E-state index contributed by atoms with van der Waals surface area (Å²) >= 11 is 0. The maximum Gasteiger partial charge on any atom is 0.257 e. The molecule has 2 aliphatic rings. The molecule has 1 amide bonds. The fourth-order valence-electron chi connectivity index (χ4n) is 4.03. The molecule has 2 fully saturated rings. The van der Waals surface area contributed by atoms with Crippen LogP contribution in [0.2, 0.25) is 0 Å². The van der Waals surface area contributed by atoms with Crippen molar-refractivity contribution in [3.05, 3.63) is 42.0 Å². The van der Waals surface area contributed by atoms with Gasteiger partial charge in [-0.2, -0.15) is 0 Å². The molecule has 7 nitrogen and oxygen atoms in total. The Hall–Kier alpha value is -2.83. The van der Waals surface area contributed by atoms with Crippen molar-refractivity contribution in [3.63, 3.8) is 0 Å². The molecule has 1 saturated carbocycles. The number of nitrogens with zero attached hydrogens (tertiary/aromatic N) is 4. The summed E-state index contributed by atoms with van der Waals surface area (Å²) in [5.74, 6) is 2.04. The predicted octanol–water partition coefficient (Wildman–Crippen LogP) is 3.16. The number of hydrogen-bond donors (Lipinski definition) is 0. The van der Waals surface area contributed by atoms with Gasteiger partial charge in [0.2, 0.25) is 5.88 Å². The Morgan fingerprint density at radius 1 is 0.966 bits per heavy atom. The Labute approximate surface area is 171 Å². The summed E-state index contributed by atoms with van der Waals surface area (Å²) < 4.78 is 11.3. The van der Waals surface area contributed by atoms with Crippen LogP contribution in [0.4, 0.5) is 5.82 Å². The molecule has 2 heterocycles. The molecule has 0 spiro atoms. The predicted molar refractivity (Wildman–Crippen MR) is 111 cm³/mol. The van der Waals surface area contributed by atoms with Gasteiger partial charge in [0.25, 0.3) is 5.91 Å². The Morgan fingerprint density at radius 3 is 2.41 bits per heavy atom. The number of carbonyl (C=O) groups excluding carboxylic acids is 1. The Morgan fingerprint density at radius 2 is 1.72 bits per heavy atom. The Bertz CT molecular complexity index is 813. The largest absolute Gasteiger partial charge is 0.496 e. The minimum absolute atomic E-state index is 0.00409. The quantitative estimate of drug-likeness (QED) is 0.773. The average molecular weight is 396 g/mol. The van der Waals surface area contributed by atoms with Crippen LogP contribution in [-0.4, -0.2) is 60.4 Å². The van der Waals surface area contributed by atoms with E-state index >= 15 is 0 Å².